The van der Waals surface area contributed by atoms with Crippen LogP contribution in [0.3, 0.4) is 0 Å². The lowest BCUT2D eigenvalue weighted by molar-refractivity contribution is 0.310. The standard InChI is InChI=1S/C26H26N6S/c1-17-8-6-13-29-25(17)32-18(2)14-21(19(32)3)24-23(22-10-4-5-12-28-22)30-26(33)31(24)16-20-9-7-11-27-15-20/h4-15,23-24H,16H2,1-3H3,(H,30,33)/t23-,24+/m0/s1. The Morgan fingerprint density at radius 2 is 1.79 bits per heavy atom. The topological polar surface area (TPSA) is 58.9 Å². The lowest BCUT2D eigenvalue weighted by Crippen LogP contribution is -2.29. The molecular formula is C26H26N6S. The number of nitrogens with one attached hydrogen (secondary N) is 1. The monoisotopic (exact) mass is 454 g/mol. The largest absolute Gasteiger partial charge is 0.352 e. The van der Waals surface area contributed by atoms with Crippen molar-refractivity contribution in [3.05, 3.63) is 107 Å². The van der Waals surface area contributed by atoms with Gasteiger partial charge in [0, 0.05) is 42.7 Å². The van der Waals surface area contributed by atoms with Crippen molar-refractivity contribution in [2.24, 2.45) is 0 Å². The smallest absolute Gasteiger partial charge is 0.170 e. The molecule has 5 heterocycles. The molecule has 1 fully saturated rings. The first-order chi connectivity index (χ1) is 16.0. The number of hydrogen-bond acceptors (Lipinski definition) is 4. The van der Waals surface area contributed by atoms with Crippen molar-refractivity contribution in [1.82, 2.24) is 29.7 Å². The van der Waals surface area contributed by atoms with Crippen molar-refractivity contribution < 1.29 is 0 Å². The van der Waals surface area contributed by atoms with E-state index in [1.165, 1.54) is 5.56 Å². The number of aromatic nitrogens is 4. The van der Waals surface area contributed by atoms with Crippen LogP contribution in [0.15, 0.2) is 73.3 Å². The van der Waals surface area contributed by atoms with Crippen molar-refractivity contribution in [2.45, 2.75) is 39.4 Å². The predicted octanol–water partition coefficient (Wildman–Crippen LogP) is 4.76. The Morgan fingerprint density at radius 1 is 0.970 bits per heavy atom. The van der Waals surface area contributed by atoms with E-state index in [1.807, 2.05) is 42.9 Å². The molecule has 1 N–H and O–H groups in total. The molecule has 1 aliphatic rings. The highest BCUT2D eigenvalue weighted by Crippen LogP contribution is 2.42. The zero-order chi connectivity index (χ0) is 22.9. The number of rotatable bonds is 5. The first-order valence-electron chi connectivity index (χ1n) is 11.0. The summed E-state index contributed by atoms with van der Waals surface area (Å²) < 4.78 is 2.24. The summed E-state index contributed by atoms with van der Waals surface area (Å²) in [6.45, 7) is 7.06. The van der Waals surface area contributed by atoms with E-state index in [1.54, 1.807) is 6.20 Å². The van der Waals surface area contributed by atoms with E-state index < -0.39 is 0 Å². The van der Waals surface area contributed by atoms with Gasteiger partial charge in [0.15, 0.2) is 5.11 Å². The Labute approximate surface area is 199 Å². The number of nitrogens with zero attached hydrogens (tertiary/aromatic N) is 5. The zero-order valence-electron chi connectivity index (χ0n) is 18.9. The van der Waals surface area contributed by atoms with Crippen molar-refractivity contribution in [3.63, 3.8) is 0 Å². The van der Waals surface area contributed by atoms with Gasteiger partial charge < -0.3 is 14.8 Å². The van der Waals surface area contributed by atoms with Crippen LogP contribution in [0.25, 0.3) is 5.82 Å². The normalized spacial score (nSPS) is 17.9. The molecule has 1 saturated heterocycles. The maximum Gasteiger partial charge on any atom is 0.170 e. The Bertz CT molecular complexity index is 1280. The van der Waals surface area contributed by atoms with Crippen LogP contribution in [0, 0.1) is 20.8 Å². The number of pyridine rings is 3. The maximum absolute atomic E-state index is 5.84. The Kier molecular flexibility index (Phi) is 5.64. The second kappa shape index (κ2) is 8.75. The van der Waals surface area contributed by atoms with Crippen LogP contribution in [0.1, 0.15) is 45.9 Å². The fraction of sp³-hybridized carbons (Fsp3) is 0.231. The molecule has 0 spiro atoms. The summed E-state index contributed by atoms with van der Waals surface area (Å²) in [6.07, 6.45) is 7.37. The highest BCUT2D eigenvalue weighted by Gasteiger charge is 2.41. The van der Waals surface area contributed by atoms with Crippen LogP contribution in [-0.4, -0.2) is 29.5 Å². The van der Waals surface area contributed by atoms with Crippen molar-refractivity contribution >= 4 is 17.3 Å². The van der Waals surface area contributed by atoms with Crippen molar-refractivity contribution in [2.75, 3.05) is 0 Å². The molecule has 0 bridgehead atoms. The summed E-state index contributed by atoms with van der Waals surface area (Å²) in [7, 11) is 0. The van der Waals surface area contributed by atoms with Gasteiger partial charge in [-0.3, -0.25) is 9.97 Å². The molecule has 33 heavy (non-hydrogen) atoms. The zero-order valence-corrected chi connectivity index (χ0v) is 19.8. The molecule has 0 aliphatic carbocycles. The van der Waals surface area contributed by atoms with Crippen molar-refractivity contribution in [1.29, 1.82) is 0 Å². The fourth-order valence-electron chi connectivity index (χ4n) is 4.73. The first-order valence-corrected chi connectivity index (χ1v) is 11.4. The third kappa shape index (κ3) is 3.89. The number of thiocarbonyl (C=S) groups is 1. The van der Waals surface area contributed by atoms with E-state index in [0.29, 0.717) is 6.54 Å². The lowest BCUT2D eigenvalue weighted by Gasteiger charge is -2.28. The molecule has 0 radical (unpaired) electrons. The minimum absolute atomic E-state index is 0.0171. The van der Waals surface area contributed by atoms with Gasteiger partial charge >= 0.3 is 0 Å². The summed E-state index contributed by atoms with van der Waals surface area (Å²) in [5.41, 5.74) is 6.73. The molecule has 0 aromatic carbocycles. The minimum Gasteiger partial charge on any atom is -0.352 e. The van der Waals surface area contributed by atoms with E-state index in [4.69, 9.17) is 12.2 Å². The Morgan fingerprint density at radius 3 is 2.52 bits per heavy atom. The highest BCUT2D eigenvalue weighted by atomic mass is 32.1. The minimum atomic E-state index is -0.0610. The van der Waals surface area contributed by atoms with Gasteiger partial charge in [-0.25, -0.2) is 4.98 Å². The maximum atomic E-state index is 5.84. The highest BCUT2D eigenvalue weighted by molar-refractivity contribution is 7.80. The van der Waals surface area contributed by atoms with Gasteiger partial charge in [0.05, 0.1) is 17.8 Å². The summed E-state index contributed by atoms with van der Waals surface area (Å²) in [5, 5.41) is 4.27. The molecule has 0 unspecified atom stereocenters. The van der Waals surface area contributed by atoms with Crippen LogP contribution >= 0.6 is 12.2 Å². The predicted molar refractivity (Wildman–Crippen MR) is 133 cm³/mol. The van der Waals surface area contributed by atoms with E-state index in [9.17, 15) is 0 Å². The first kappa shape index (κ1) is 21.3. The van der Waals surface area contributed by atoms with Gasteiger partial charge in [-0.05, 0) is 80.0 Å². The molecule has 5 rings (SSSR count). The van der Waals surface area contributed by atoms with E-state index >= 15 is 0 Å². The average molecular weight is 455 g/mol. The van der Waals surface area contributed by atoms with Crippen molar-refractivity contribution in [3.8, 4) is 5.82 Å². The van der Waals surface area contributed by atoms with Gasteiger partial charge in [0.2, 0.25) is 0 Å². The molecule has 1 aliphatic heterocycles. The van der Waals surface area contributed by atoms with Gasteiger partial charge in [-0.2, -0.15) is 0 Å². The van der Waals surface area contributed by atoms with E-state index in [2.05, 4.69) is 74.8 Å². The molecule has 4 aromatic rings. The molecule has 0 saturated carbocycles. The fourth-order valence-corrected chi connectivity index (χ4v) is 5.03. The summed E-state index contributed by atoms with van der Waals surface area (Å²) in [4.78, 5) is 15.9. The third-order valence-electron chi connectivity index (χ3n) is 6.26. The molecule has 2 atom stereocenters. The quantitative estimate of drug-likeness (QED) is 0.439. The number of hydrogen-bond donors (Lipinski definition) is 1. The van der Waals surface area contributed by atoms with Crippen LogP contribution in [0.2, 0.25) is 0 Å². The Balaban J connectivity index is 1.63. The second-order valence-corrected chi connectivity index (χ2v) is 8.81. The van der Waals surface area contributed by atoms with Crippen LogP contribution in [0.5, 0.6) is 0 Å². The van der Waals surface area contributed by atoms with Gasteiger partial charge in [-0.15, -0.1) is 0 Å². The summed E-state index contributed by atoms with van der Waals surface area (Å²) >= 11 is 5.84. The van der Waals surface area contributed by atoms with E-state index in [-0.39, 0.29) is 12.1 Å². The average Bonchev–Trinajstić information content (AvgIpc) is 3.30. The molecule has 4 aromatic heterocycles. The molecule has 0 amide bonds. The third-order valence-corrected chi connectivity index (χ3v) is 6.61. The SMILES string of the molecule is Cc1cccnc1-n1c(C)cc([C@@H]2[C@H](c3ccccn3)NC(=S)N2Cc2cccnc2)c1C. The van der Waals surface area contributed by atoms with Gasteiger partial charge in [-0.1, -0.05) is 18.2 Å². The summed E-state index contributed by atoms with van der Waals surface area (Å²) in [5.74, 6) is 0.959. The number of aryl methyl sites for hydroxylation is 2. The second-order valence-electron chi connectivity index (χ2n) is 8.42. The molecular weight excluding hydrogens is 428 g/mol. The van der Waals surface area contributed by atoms with E-state index in [0.717, 1.165) is 39.1 Å². The van der Waals surface area contributed by atoms with Gasteiger partial charge in [0.25, 0.3) is 0 Å². The van der Waals surface area contributed by atoms with Crippen LogP contribution in [0.4, 0.5) is 0 Å². The molecule has 6 nitrogen and oxygen atoms in total. The van der Waals surface area contributed by atoms with Crippen LogP contribution < -0.4 is 5.32 Å². The molecule has 166 valence electrons. The Hall–Kier alpha value is -3.58. The summed E-state index contributed by atoms with van der Waals surface area (Å²) in [6, 6.07) is 16.3. The van der Waals surface area contributed by atoms with Crippen LogP contribution in [-0.2, 0) is 6.54 Å². The molecule has 7 heteroatoms. The van der Waals surface area contributed by atoms with Gasteiger partial charge in [0.1, 0.15) is 5.82 Å². The lowest BCUT2D eigenvalue weighted by atomic mass is 9.96.